The molecule has 1 aromatic carbocycles. The average molecular weight is 489 g/mol. The molecular formula is C21H36IN3O2. The van der Waals surface area contributed by atoms with E-state index in [0.29, 0.717) is 11.8 Å². The predicted molar refractivity (Wildman–Crippen MR) is 123 cm³/mol. The molecule has 1 fully saturated rings. The van der Waals surface area contributed by atoms with Crippen LogP contribution >= 0.6 is 24.0 Å². The summed E-state index contributed by atoms with van der Waals surface area (Å²) in [6.07, 6.45) is 3.44. The number of benzene rings is 1. The molecule has 1 aliphatic rings. The summed E-state index contributed by atoms with van der Waals surface area (Å²) in [5.74, 6) is 1.90. The molecule has 154 valence electrons. The molecule has 0 amide bonds. The Morgan fingerprint density at radius 1 is 1.26 bits per heavy atom. The van der Waals surface area contributed by atoms with Crippen molar-refractivity contribution < 1.29 is 9.47 Å². The third-order valence-electron chi connectivity index (χ3n) is 4.54. The van der Waals surface area contributed by atoms with Crippen molar-refractivity contribution >= 4 is 29.9 Å². The van der Waals surface area contributed by atoms with Gasteiger partial charge in [0.1, 0.15) is 0 Å². The first-order chi connectivity index (χ1) is 12.7. The van der Waals surface area contributed by atoms with E-state index < -0.39 is 0 Å². The summed E-state index contributed by atoms with van der Waals surface area (Å²) in [5.41, 5.74) is 1.27. The normalized spacial score (nSPS) is 20.2. The van der Waals surface area contributed by atoms with Gasteiger partial charge in [-0.2, -0.15) is 0 Å². The van der Waals surface area contributed by atoms with Gasteiger partial charge in [-0.1, -0.05) is 44.2 Å². The van der Waals surface area contributed by atoms with Crippen LogP contribution in [0.4, 0.5) is 0 Å². The molecule has 1 aromatic rings. The van der Waals surface area contributed by atoms with Crippen molar-refractivity contribution in [3.63, 3.8) is 0 Å². The second-order valence-corrected chi connectivity index (χ2v) is 7.31. The van der Waals surface area contributed by atoms with Crippen LogP contribution in [0.2, 0.25) is 0 Å². The number of aliphatic imine (C=N–C) groups is 1. The molecule has 1 aliphatic heterocycles. The van der Waals surface area contributed by atoms with Crippen LogP contribution in [0.3, 0.4) is 0 Å². The Morgan fingerprint density at radius 2 is 2.04 bits per heavy atom. The van der Waals surface area contributed by atoms with Gasteiger partial charge in [0.05, 0.1) is 6.10 Å². The van der Waals surface area contributed by atoms with Gasteiger partial charge in [0.25, 0.3) is 0 Å². The highest BCUT2D eigenvalue weighted by Crippen LogP contribution is 2.32. The lowest BCUT2D eigenvalue weighted by Crippen LogP contribution is -2.42. The van der Waals surface area contributed by atoms with E-state index in [1.807, 2.05) is 7.05 Å². The maximum Gasteiger partial charge on any atom is 0.190 e. The standard InChI is InChI=1S/C21H35N3O2.HI/c1-17(2)16-25-13-8-12-23-21(22-3)24-15-19-11-7-14-26-20(19)18-9-5-4-6-10-18;/h4-6,9-10,17,19-20H,7-8,11-16H2,1-3H3,(H2,22,23,24);1H. The fraction of sp³-hybridized carbons (Fsp3) is 0.667. The van der Waals surface area contributed by atoms with Crippen molar-refractivity contribution in [3.8, 4) is 0 Å². The Kier molecular flexibility index (Phi) is 12.7. The van der Waals surface area contributed by atoms with E-state index in [1.54, 1.807) is 0 Å². The number of hydrogen-bond acceptors (Lipinski definition) is 3. The van der Waals surface area contributed by atoms with Crippen molar-refractivity contribution in [2.24, 2.45) is 16.8 Å². The first-order valence-corrected chi connectivity index (χ1v) is 9.89. The lowest BCUT2D eigenvalue weighted by Gasteiger charge is -2.32. The fourth-order valence-corrected chi connectivity index (χ4v) is 3.21. The Morgan fingerprint density at radius 3 is 2.74 bits per heavy atom. The number of rotatable bonds is 9. The Labute approximate surface area is 181 Å². The van der Waals surface area contributed by atoms with E-state index in [0.717, 1.165) is 51.7 Å². The molecule has 2 unspecified atom stereocenters. The number of ether oxygens (including phenoxy) is 2. The van der Waals surface area contributed by atoms with Gasteiger partial charge in [-0.3, -0.25) is 4.99 Å². The smallest absolute Gasteiger partial charge is 0.190 e. The van der Waals surface area contributed by atoms with E-state index >= 15 is 0 Å². The summed E-state index contributed by atoms with van der Waals surface area (Å²) in [6.45, 7) is 8.52. The van der Waals surface area contributed by atoms with E-state index in [-0.39, 0.29) is 30.1 Å². The number of hydrogen-bond donors (Lipinski definition) is 2. The zero-order valence-electron chi connectivity index (χ0n) is 16.9. The molecule has 0 spiro atoms. The molecule has 1 saturated heterocycles. The second kappa shape index (κ2) is 14.2. The number of halogens is 1. The van der Waals surface area contributed by atoms with Crippen LogP contribution in [-0.2, 0) is 9.47 Å². The molecule has 1 heterocycles. The second-order valence-electron chi connectivity index (χ2n) is 7.31. The highest BCUT2D eigenvalue weighted by Gasteiger charge is 2.27. The maximum absolute atomic E-state index is 6.07. The molecule has 0 radical (unpaired) electrons. The summed E-state index contributed by atoms with van der Waals surface area (Å²) in [6, 6.07) is 10.5. The highest BCUT2D eigenvalue weighted by atomic mass is 127. The molecular weight excluding hydrogens is 453 g/mol. The summed E-state index contributed by atoms with van der Waals surface area (Å²) in [7, 11) is 1.82. The van der Waals surface area contributed by atoms with Crippen molar-refractivity contribution in [2.45, 2.75) is 39.2 Å². The molecule has 0 aliphatic carbocycles. The third kappa shape index (κ3) is 9.25. The van der Waals surface area contributed by atoms with E-state index in [1.165, 1.54) is 12.0 Å². The van der Waals surface area contributed by atoms with Gasteiger partial charge in [-0.05, 0) is 30.7 Å². The summed E-state index contributed by atoms with van der Waals surface area (Å²) >= 11 is 0. The zero-order valence-corrected chi connectivity index (χ0v) is 19.3. The lowest BCUT2D eigenvalue weighted by molar-refractivity contribution is -0.0265. The molecule has 6 heteroatoms. The van der Waals surface area contributed by atoms with Crippen LogP contribution in [0.15, 0.2) is 35.3 Å². The van der Waals surface area contributed by atoms with Crippen LogP contribution in [0.25, 0.3) is 0 Å². The van der Waals surface area contributed by atoms with Gasteiger partial charge in [0.2, 0.25) is 0 Å². The van der Waals surface area contributed by atoms with Crippen molar-refractivity contribution in [3.05, 3.63) is 35.9 Å². The molecule has 2 rings (SSSR count). The Hall–Kier alpha value is -0.860. The van der Waals surface area contributed by atoms with Gasteiger partial charge in [-0.15, -0.1) is 24.0 Å². The van der Waals surface area contributed by atoms with Crippen molar-refractivity contribution in [2.75, 3.05) is 40.0 Å². The van der Waals surface area contributed by atoms with Crippen LogP contribution in [0, 0.1) is 11.8 Å². The average Bonchev–Trinajstić information content (AvgIpc) is 2.67. The molecule has 0 aromatic heterocycles. The zero-order chi connectivity index (χ0) is 18.6. The molecule has 2 N–H and O–H groups in total. The SMILES string of the molecule is CN=C(NCCCOCC(C)C)NCC1CCCOC1c1ccccc1.I. The topological polar surface area (TPSA) is 54.9 Å². The van der Waals surface area contributed by atoms with Crippen molar-refractivity contribution in [1.82, 2.24) is 10.6 Å². The predicted octanol–water partition coefficient (Wildman–Crippen LogP) is 4.00. The minimum absolute atomic E-state index is 0. The first kappa shape index (κ1) is 24.2. The highest BCUT2D eigenvalue weighted by molar-refractivity contribution is 14.0. The quantitative estimate of drug-likeness (QED) is 0.238. The van der Waals surface area contributed by atoms with E-state index in [2.05, 4.69) is 59.8 Å². The van der Waals surface area contributed by atoms with Crippen LogP contribution in [0.1, 0.15) is 44.8 Å². The van der Waals surface area contributed by atoms with Crippen LogP contribution in [0.5, 0.6) is 0 Å². The largest absolute Gasteiger partial charge is 0.381 e. The number of nitrogens with zero attached hydrogens (tertiary/aromatic N) is 1. The minimum Gasteiger partial charge on any atom is -0.381 e. The van der Waals surface area contributed by atoms with E-state index in [4.69, 9.17) is 9.47 Å². The summed E-state index contributed by atoms with van der Waals surface area (Å²) in [4.78, 5) is 4.33. The molecule has 2 atom stereocenters. The first-order valence-electron chi connectivity index (χ1n) is 9.89. The maximum atomic E-state index is 6.07. The third-order valence-corrected chi connectivity index (χ3v) is 4.54. The van der Waals surface area contributed by atoms with Crippen LogP contribution < -0.4 is 10.6 Å². The molecule has 0 saturated carbocycles. The Balaban J connectivity index is 0.00000364. The molecule has 0 bridgehead atoms. The Bertz CT molecular complexity index is 525. The van der Waals surface area contributed by atoms with E-state index in [9.17, 15) is 0 Å². The number of guanidine groups is 1. The van der Waals surface area contributed by atoms with Crippen LogP contribution in [-0.4, -0.2) is 45.9 Å². The lowest BCUT2D eigenvalue weighted by atomic mass is 9.89. The number of nitrogens with one attached hydrogen (secondary N) is 2. The molecule has 5 nitrogen and oxygen atoms in total. The summed E-state index contributed by atoms with van der Waals surface area (Å²) in [5, 5.41) is 6.84. The van der Waals surface area contributed by atoms with Gasteiger partial charge in [0.15, 0.2) is 5.96 Å². The minimum atomic E-state index is 0. The van der Waals surface area contributed by atoms with Gasteiger partial charge >= 0.3 is 0 Å². The summed E-state index contributed by atoms with van der Waals surface area (Å²) < 4.78 is 11.7. The fourth-order valence-electron chi connectivity index (χ4n) is 3.21. The van der Waals surface area contributed by atoms with Gasteiger partial charge in [0, 0.05) is 45.9 Å². The van der Waals surface area contributed by atoms with Crippen molar-refractivity contribution in [1.29, 1.82) is 0 Å². The monoisotopic (exact) mass is 489 g/mol. The van der Waals surface area contributed by atoms with Gasteiger partial charge in [-0.25, -0.2) is 0 Å². The molecule has 27 heavy (non-hydrogen) atoms. The van der Waals surface area contributed by atoms with Gasteiger partial charge < -0.3 is 20.1 Å².